The monoisotopic (exact) mass is 155 g/mol. The van der Waals surface area contributed by atoms with Crippen LogP contribution < -0.4 is 5.32 Å². The maximum absolute atomic E-state index is 9.90. The fourth-order valence-corrected chi connectivity index (χ4v) is 1.58. The molecule has 1 amide bonds. The van der Waals surface area contributed by atoms with Crippen molar-refractivity contribution in [2.75, 3.05) is 6.54 Å². The van der Waals surface area contributed by atoms with Gasteiger partial charge in [0.2, 0.25) is 6.41 Å². The van der Waals surface area contributed by atoms with Gasteiger partial charge in [-0.1, -0.05) is 13.3 Å². The van der Waals surface area contributed by atoms with E-state index < -0.39 is 0 Å². The normalized spacial score (nSPS) is 19.4. The highest BCUT2D eigenvalue weighted by molar-refractivity contribution is 5.45. The lowest BCUT2D eigenvalue weighted by Crippen LogP contribution is -2.13. The first-order chi connectivity index (χ1) is 5.33. The van der Waals surface area contributed by atoms with Crippen molar-refractivity contribution in [3.8, 4) is 0 Å². The second kappa shape index (κ2) is 3.74. The molecule has 1 aliphatic carbocycles. The maximum atomic E-state index is 9.90. The lowest BCUT2D eigenvalue weighted by atomic mass is 9.97. The molecule has 0 unspecified atom stereocenters. The molecule has 0 radical (unpaired) electrons. The molecule has 0 spiro atoms. The molecule has 11 heavy (non-hydrogen) atoms. The zero-order chi connectivity index (χ0) is 8.16. The van der Waals surface area contributed by atoms with Crippen molar-refractivity contribution in [1.29, 1.82) is 0 Å². The SMILES string of the molecule is CCC1(CCCNC=O)CC1. The predicted octanol–water partition coefficient (Wildman–Crippen LogP) is 1.70. The van der Waals surface area contributed by atoms with Gasteiger partial charge in [-0.15, -0.1) is 0 Å². The summed E-state index contributed by atoms with van der Waals surface area (Å²) in [6, 6.07) is 0. The van der Waals surface area contributed by atoms with Crippen LogP contribution in [0.1, 0.15) is 39.0 Å². The Hall–Kier alpha value is -0.530. The number of rotatable bonds is 6. The number of hydrogen-bond acceptors (Lipinski definition) is 1. The zero-order valence-corrected chi connectivity index (χ0v) is 7.23. The van der Waals surface area contributed by atoms with Gasteiger partial charge in [0.25, 0.3) is 0 Å². The van der Waals surface area contributed by atoms with Crippen LogP contribution in [0.25, 0.3) is 0 Å². The molecule has 0 atom stereocenters. The van der Waals surface area contributed by atoms with Crippen LogP contribution in [-0.4, -0.2) is 13.0 Å². The summed E-state index contributed by atoms with van der Waals surface area (Å²) in [5.41, 5.74) is 0.685. The molecule has 64 valence electrons. The average molecular weight is 155 g/mol. The standard InChI is InChI=1S/C9H17NO/c1-2-9(5-6-9)4-3-7-10-8-11/h8H,2-7H2,1H3,(H,10,11). The van der Waals surface area contributed by atoms with Gasteiger partial charge in [0.05, 0.1) is 0 Å². The molecular weight excluding hydrogens is 138 g/mol. The molecule has 1 rings (SSSR count). The van der Waals surface area contributed by atoms with Crippen molar-refractivity contribution in [3.05, 3.63) is 0 Å². The van der Waals surface area contributed by atoms with Crippen LogP contribution in [0.4, 0.5) is 0 Å². The van der Waals surface area contributed by atoms with E-state index in [9.17, 15) is 4.79 Å². The summed E-state index contributed by atoms with van der Waals surface area (Å²) >= 11 is 0. The van der Waals surface area contributed by atoms with Crippen molar-refractivity contribution >= 4 is 6.41 Å². The third-order valence-electron chi connectivity index (χ3n) is 2.82. The fourth-order valence-electron chi connectivity index (χ4n) is 1.58. The van der Waals surface area contributed by atoms with Gasteiger partial charge in [-0.25, -0.2) is 0 Å². The van der Waals surface area contributed by atoms with E-state index in [0.717, 1.165) is 19.4 Å². The minimum absolute atomic E-state index is 0.685. The zero-order valence-electron chi connectivity index (χ0n) is 7.23. The maximum Gasteiger partial charge on any atom is 0.207 e. The second-order valence-electron chi connectivity index (χ2n) is 3.53. The number of amides is 1. The molecule has 0 bridgehead atoms. The van der Waals surface area contributed by atoms with Gasteiger partial charge in [-0.05, 0) is 31.1 Å². The Kier molecular flexibility index (Phi) is 2.92. The van der Waals surface area contributed by atoms with Crippen LogP contribution in [0.5, 0.6) is 0 Å². The topological polar surface area (TPSA) is 29.1 Å². The number of hydrogen-bond donors (Lipinski definition) is 1. The van der Waals surface area contributed by atoms with Crippen LogP contribution in [0.15, 0.2) is 0 Å². The lowest BCUT2D eigenvalue weighted by Gasteiger charge is -2.10. The molecule has 1 N–H and O–H groups in total. The summed E-state index contributed by atoms with van der Waals surface area (Å²) in [5.74, 6) is 0. The molecule has 0 aromatic heterocycles. The number of carbonyl (C=O) groups excluding carboxylic acids is 1. The van der Waals surface area contributed by atoms with E-state index in [2.05, 4.69) is 12.2 Å². The Morgan fingerprint density at radius 3 is 2.73 bits per heavy atom. The quantitative estimate of drug-likeness (QED) is 0.459. The van der Waals surface area contributed by atoms with Gasteiger partial charge in [0.15, 0.2) is 0 Å². The van der Waals surface area contributed by atoms with Crippen molar-refractivity contribution < 1.29 is 4.79 Å². The summed E-state index contributed by atoms with van der Waals surface area (Å²) in [6.45, 7) is 3.12. The highest BCUT2D eigenvalue weighted by Gasteiger charge is 2.39. The molecule has 1 fully saturated rings. The van der Waals surface area contributed by atoms with Gasteiger partial charge in [-0.3, -0.25) is 4.79 Å². The van der Waals surface area contributed by atoms with Gasteiger partial charge in [0, 0.05) is 6.54 Å². The van der Waals surface area contributed by atoms with E-state index in [1.165, 1.54) is 25.7 Å². The first-order valence-electron chi connectivity index (χ1n) is 4.50. The largest absolute Gasteiger partial charge is 0.359 e. The summed E-state index contributed by atoms with van der Waals surface area (Å²) < 4.78 is 0. The molecule has 0 aliphatic heterocycles. The predicted molar refractivity (Wildman–Crippen MR) is 45.3 cm³/mol. The average Bonchev–Trinajstić information content (AvgIpc) is 2.80. The molecule has 0 saturated heterocycles. The van der Waals surface area contributed by atoms with Crippen LogP contribution in [-0.2, 0) is 4.79 Å². The summed E-state index contributed by atoms with van der Waals surface area (Å²) in [6.07, 6.45) is 7.35. The first-order valence-corrected chi connectivity index (χ1v) is 4.50. The van der Waals surface area contributed by atoms with Crippen LogP contribution in [0, 0.1) is 5.41 Å². The Morgan fingerprint density at radius 2 is 2.27 bits per heavy atom. The first kappa shape index (κ1) is 8.57. The van der Waals surface area contributed by atoms with Gasteiger partial charge in [-0.2, -0.15) is 0 Å². The number of carbonyl (C=O) groups is 1. The van der Waals surface area contributed by atoms with Crippen molar-refractivity contribution in [2.24, 2.45) is 5.41 Å². The summed E-state index contributed by atoms with van der Waals surface area (Å²) in [5, 5.41) is 2.69. The van der Waals surface area contributed by atoms with E-state index in [0.29, 0.717) is 5.41 Å². The highest BCUT2D eigenvalue weighted by atomic mass is 16.1. The van der Waals surface area contributed by atoms with Crippen molar-refractivity contribution in [2.45, 2.75) is 39.0 Å². The Bertz CT molecular complexity index is 130. The molecule has 2 nitrogen and oxygen atoms in total. The Balaban J connectivity index is 1.98. The van der Waals surface area contributed by atoms with Gasteiger partial charge in [0.1, 0.15) is 0 Å². The van der Waals surface area contributed by atoms with E-state index in [4.69, 9.17) is 0 Å². The third kappa shape index (κ3) is 2.52. The molecule has 0 aromatic carbocycles. The lowest BCUT2D eigenvalue weighted by molar-refractivity contribution is -0.109. The Labute approximate surface area is 68.4 Å². The van der Waals surface area contributed by atoms with Gasteiger partial charge >= 0.3 is 0 Å². The van der Waals surface area contributed by atoms with Crippen molar-refractivity contribution in [1.82, 2.24) is 5.32 Å². The minimum Gasteiger partial charge on any atom is -0.359 e. The highest BCUT2D eigenvalue weighted by Crippen LogP contribution is 2.52. The summed E-state index contributed by atoms with van der Waals surface area (Å²) in [7, 11) is 0. The van der Waals surface area contributed by atoms with E-state index in [1.54, 1.807) is 0 Å². The van der Waals surface area contributed by atoms with Crippen molar-refractivity contribution in [3.63, 3.8) is 0 Å². The van der Waals surface area contributed by atoms with E-state index >= 15 is 0 Å². The fraction of sp³-hybridized carbons (Fsp3) is 0.889. The second-order valence-corrected chi connectivity index (χ2v) is 3.53. The van der Waals surface area contributed by atoms with Crippen LogP contribution in [0.3, 0.4) is 0 Å². The van der Waals surface area contributed by atoms with Crippen LogP contribution in [0.2, 0.25) is 0 Å². The van der Waals surface area contributed by atoms with E-state index in [1.807, 2.05) is 0 Å². The van der Waals surface area contributed by atoms with E-state index in [-0.39, 0.29) is 0 Å². The summed E-state index contributed by atoms with van der Waals surface area (Å²) in [4.78, 5) is 9.90. The molecular formula is C9H17NO. The third-order valence-corrected chi connectivity index (χ3v) is 2.82. The number of nitrogens with one attached hydrogen (secondary N) is 1. The molecule has 1 aliphatic rings. The smallest absolute Gasteiger partial charge is 0.207 e. The molecule has 0 heterocycles. The molecule has 1 saturated carbocycles. The van der Waals surface area contributed by atoms with Gasteiger partial charge < -0.3 is 5.32 Å². The Morgan fingerprint density at radius 1 is 1.55 bits per heavy atom. The molecule has 0 aromatic rings. The van der Waals surface area contributed by atoms with Crippen LogP contribution >= 0.6 is 0 Å². The minimum atomic E-state index is 0.685. The molecule has 2 heteroatoms.